The first-order chi connectivity index (χ1) is 9.40. The minimum absolute atomic E-state index is 0.128. The van der Waals surface area contributed by atoms with Crippen molar-refractivity contribution in [1.82, 2.24) is 0 Å². The van der Waals surface area contributed by atoms with Crippen molar-refractivity contribution < 1.29 is 4.39 Å². The Hall–Kier alpha value is -0.690. The van der Waals surface area contributed by atoms with Crippen LogP contribution in [0.1, 0.15) is 5.56 Å². The molecule has 104 valence electrons. The predicted molar refractivity (Wildman–Crippen MR) is 92.4 cm³/mol. The number of benzene rings is 2. The van der Waals surface area contributed by atoms with Gasteiger partial charge >= 0.3 is 0 Å². The van der Waals surface area contributed by atoms with E-state index < -0.39 is 5.82 Å². The summed E-state index contributed by atoms with van der Waals surface area (Å²) >= 11 is 17.4. The van der Waals surface area contributed by atoms with E-state index >= 15 is 0 Å². The maximum absolute atomic E-state index is 14.3. The highest BCUT2D eigenvalue weighted by Crippen LogP contribution is 2.32. The van der Waals surface area contributed by atoms with E-state index in [0.29, 0.717) is 16.3 Å². The standard InChI is InChI=1S/C13H8Br2ClFN2S/c14-6-1-3-8(16)10(5-6)19-9-4-2-7(13(18)20)11(15)12(9)17/h1-5,19H,(H2,18,20). The molecule has 0 radical (unpaired) electrons. The zero-order valence-corrected chi connectivity index (χ0v) is 14.6. The molecular formula is C13H8Br2ClFN2S. The van der Waals surface area contributed by atoms with Gasteiger partial charge in [-0.3, -0.25) is 0 Å². The Morgan fingerprint density at radius 2 is 1.90 bits per heavy atom. The van der Waals surface area contributed by atoms with Crippen molar-refractivity contribution in [3.8, 4) is 0 Å². The van der Waals surface area contributed by atoms with Gasteiger partial charge in [-0.1, -0.05) is 39.7 Å². The average Bonchev–Trinajstić information content (AvgIpc) is 2.39. The molecule has 0 amide bonds. The maximum Gasteiger partial charge on any atom is 0.161 e. The topological polar surface area (TPSA) is 38.0 Å². The molecule has 0 atom stereocenters. The molecule has 0 saturated heterocycles. The molecule has 20 heavy (non-hydrogen) atoms. The van der Waals surface area contributed by atoms with Gasteiger partial charge in [-0.15, -0.1) is 0 Å². The molecule has 0 spiro atoms. The summed E-state index contributed by atoms with van der Waals surface area (Å²) < 4.78 is 15.3. The molecule has 0 bridgehead atoms. The second-order valence-corrected chi connectivity index (χ2v) is 6.46. The number of nitrogens with two attached hydrogens (primary N) is 1. The number of anilines is 2. The highest BCUT2D eigenvalue weighted by atomic mass is 79.9. The molecule has 3 N–H and O–H groups in total. The highest BCUT2D eigenvalue weighted by molar-refractivity contribution is 9.10. The van der Waals surface area contributed by atoms with E-state index in [4.69, 9.17) is 29.6 Å². The molecule has 7 heteroatoms. The molecule has 0 fully saturated rings. The normalized spacial score (nSPS) is 10.4. The summed E-state index contributed by atoms with van der Waals surface area (Å²) in [5.41, 5.74) is 6.83. The van der Waals surface area contributed by atoms with Crippen LogP contribution in [0.4, 0.5) is 15.8 Å². The molecule has 0 saturated carbocycles. The molecule has 2 aromatic carbocycles. The van der Waals surface area contributed by atoms with Gasteiger partial charge in [0.05, 0.1) is 20.9 Å². The molecular weight excluding hydrogens is 430 g/mol. The lowest BCUT2D eigenvalue weighted by Gasteiger charge is -2.12. The third kappa shape index (κ3) is 3.31. The van der Waals surface area contributed by atoms with Crippen molar-refractivity contribution in [2.45, 2.75) is 0 Å². The monoisotopic (exact) mass is 436 g/mol. The van der Waals surface area contributed by atoms with E-state index in [-0.39, 0.29) is 15.1 Å². The van der Waals surface area contributed by atoms with Crippen molar-refractivity contribution in [2.24, 2.45) is 5.73 Å². The molecule has 0 aliphatic rings. The summed E-state index contributed by atoms with van der Waals surface area (Å²) in [5.74, 6) is -0.480. The van der Waals surface area contributed by atoms with E-state index in [9.17, 15) is 4.39 Å². The van der Waals surface area contributed by atoms with Crippen LogP contribution in [-0.4, -0.2) is 4.99 Å². The lowest BCUT2D eigenvalue weighted by Crippen LogP contribution is -2.11. The van der Waals surface area contributed by atoms with Gasteiger partial charge in [0, 0.05) is 10.0 Å². The van der Waals surface area contributed by atoms with Gasteiger partial charge in [-0.2, -0.15) is 0 Å². The molecule has 0 aliphatic carbocycles. The van der Waals surface area contributed by atoms with Crippen LogP contribution in [-0.2, 0) is 0 Å². The lowest BCUT2D eigenvalue weighted by atomic mass is 10.2. The molecule has 2 nitrogen and oxygen atoms in total. The second kappa shape index (κ2) is 6.39. The number of nitrogens with one attached hydrogen (secondary N) is 1. The van der Waals surface area contributed by atoms with Gasteiger partial charge in [-0.05, 0) is 46.3 Å². The maximum atomic E-state index is 14.3. The van der Waals surface area contributed by atoms with Gasteiger partial charge in [0.2, 0.25) is 0 Å². The fourth-order valence-electron chi connectivity index (χ4n) is 1.57. The van der Waals surface area contributed by atoms with Crippen LogP contribution in [0.5, 0.6) is 0 Å². The first-order valence-electron chi connectivity index (χ1n) is 5.40. The lowest BCUT2D eigenvalue weighted by molar-refractivity contribution is 0.625. The molecule has 0 heterocycles. The fourth-order valence-corrected chi connectivity index (χ4v) is 2.96. The van der Waals surface area contributed by atoms with Gasteiger partial charge in [0.15, 0.2) is 5.82 Å². The van der Waals surface area contributed by atoms with Crippen LogP contribution in [0, 0.1) is 5.82 Å². The van der Waals surface area contributed by atoms with Crippen LogP contribution in [0.15, 0.2) is 39.3 Å². The molecule has 0 unspecified atom stereocenters. The Morgan fingerprint density at radius 3 is 2.55 bits per heavy atom. The SMILES string of the molecule is NC(=S)c1ccc(Nc2cc(Br)ccc2Cl)c(F)c1Br. The van der Waals surface area contributed by atoms with Crippen molar-refractivity contribution in [2.75, 3.05) is 5.32 Å². The molecule has 0 aromatic heterocycles. The van der Waals surface area contributed by atoms with Gasteiger partial charge in [0.1, 0.15) is 4.99 Å². The van der Waals surface area contributed by atoms with Crippen molar-refractivity contribution in [3.63, 3.8) is 0 Å². The summed E-state index contributed by atoms with van der Waals surface area (Å²) in [6.45, 7) is 0. The number of halogens is 4. The first-order valence-corrected chi connectivity index (χ1v) is 7.77. The number of hydrogen-bond acceptors (Lipinski definition) is 2. The van der Waals surface area contributed by atoms with Gasteiger partial charge < -0.3 is 11.1 Å². The number of thiocarbonyl (C=S) groups is 1. The number of hydrogen-bond donors (Lipinski definition) is 2. The summed E-state index contributed by atoms with van der Waals surface area (Å²) in [4.78, 5) is 0.128. The summed E-state index contributed by atoms with van der Waals surface area (Å²) in [5, 5.41) is 3.43. The first kappa shape index (κ1) is 15.7. The zero-order chi connectivity index (χ0) is 14.9. The average molecular weight is 439 g/mol. The van der Waals surface area contributed by atoms with E-state index in [1.165, 1.54) is 0 Å². The van der Waals surface area contributed by atoms with Crippen LogP contribution in [0.25, 0.3) is 0 Å². The predicted octanol–water partition coefficient (Wildman–Crippen LogP) is 5.38. The van der Waals surface area contributed by atoms with Crippen LogP contribution in [0.2, 0.25) is 5.02 Å². The van der Waals surface area contributed by atoms with Crippen molar-refractivity contribution >= 4 is 72.0 Å². The Morgan fingerprint density at radius 1 is 1.20 bits per heavy atom. The highest BCUT2D eigenvalue weighted by Gasteiger charge is 2.14. The van der Waals surface area contributed by atoms with Gasteiger partial charge in [-0.25, -0.2) is 4.39 Å². The largest absolute Gasteiger partial charge is 0.389 e. The second-order valence-electron chi connectivity index (χ2n) is 3.90. The van der Waals surface area contributed by atoms with E-state index in [1.54, 1.807) is 30.3 Å². The smallest absolute Gasteiger partial charge is 0.161 e. The van der Waals surface area contributed by atoms with E-state index in [0.717, 1.165) is 4.47 Å². The fraction of sp³-hybridized carbons (Fsp3) is 0. The van der Waals surface area contributed by atoms with E-state index in [1.807, 2.05) is 0 Å². The van der Waals surface area contributed by atoms with Crippen LogP contribution < -0.4 is 11.1 Å². The summed E-state index contributed by atoms with van der Waals surface area (Å²) in [6.07, 6.45) is 0. The minimum Gasteiger partial charge on any atom is -0.389 e. The quantitative estimate of drug-likeness (QED) is 0.632. The Bertz CT molecular complexity index is 694. The summed E-state index contributed by atoms with van der Waals surface area (Å²) in [6, 6.07) is 8.48. The minimum atomic E-state index is -0.480. The zero-order valence-electron chi connectivity index (χ0n) is 9.88. The molecule has 2 aromatic rings. The van der Waals surface area contributed by atoms with Gasteiger partial charge in [0.25, 0.3) is 0 Å². The van der Waals surface area contributed by atoms with E-state index in [2.05, 4.69) is 37.2 Å². The van der Waals surface area contributed by atoms with Crippen LogP contribution >= 0.6 is 55.7 Å². The molecule has 0 aliphatic heterocycles. The number of rotatable bonds is 3. The molecule has 2 rings (SSSR count). The Labute approximate surface area is 142 Å². The third-order valence-corrected chi connectivity index (χ3v) is 4.36. The Balaban J connectivity index is 2.42. The van der Waals surface area contributed by atoms with Crippen LogP contribution in [0.3, 0.4) is 0 Å². The van der Waals surface area contributed by atoms with Crippen molar-refractivity contribution in [3.05, 3.63) is 55.7 Å². The summed E-state index contributed by atoms with van der Waals surface area (Å²) in [7, 11) is 0. The van der Waals surface area contributed by atoms with Crippen molar-refractivity contribution in [1.29, 1.82) is 0 Å². The Kier molecular flexibility index (Phi) is 5.01. The third-order valence-electron chi connectivity index (χ3n) is 2.55.